The van der Waals surface area contributed by atoms with E-state index in [9.17, 15) is 39.3 Å². The van der Waals surface area contributed by atoms with Gasteiger partial charge in [-0.05, 0) is 128 Å². The molecular formula is C41H40BrFO12. The summed E-state index contributed by atoms with van der Waals surface area (Å²) < 4.78 is 38.0. The van der Waals surface area contributed by atoms with Crippen molar-refractivity contribution in [3.63, 3.8) is 0 Å². The predicted octanol–water partition coefficient (Wildman–Crippen LogP) is 7.49. The second-order valence-corrected chi connectivity index (χ2v) is 13.8. The van der Waals surface area contributed by atoms with Crippen LogP contribution in [0, 0.1) is 54.3 Å². The first-order valence-electron chi connectivity index (χ1n) is 16.8. The number of carbonyl (C=O) groups is 5. The van der Waals surface area contributed by atoms with Crippen LogP contribution < -0.4 is 14.2 Å². The quantitative estimate of drug-likeness (QED) is 0.136. The van der Waals surface area contributed by atoms with Crippen LogP contribution in [0.5, 0.6) is 23.0 Å². The summed E-state index contributed by atoms with van der Waals surface area (Å²) in [4.78, 5) is 64.9. The third kappa shape index (κ3) is 6.96. The number of benzene rings is 3. The van der Waals surface area contributed by atoms with Crippen molar-refractivity contribution in [2.45, 2.75) is 74.3 Å². The summed E-state index contributed by atoms with van der Waals surface area (Å²) in [5.74, 6) is -7.99. The Balaban J connectivity index is 1.75. The lowest BCUT2D eigenvalue weighted by Crippen LogP contribution is -2.47. The van der Waals surface area contributed by atoms with Gasteiger partial charge in [-0.15, -0.1) is 0 Å². The van der Waals surface area contributed by atoms with Crippen LogP contribution in [-0.2, 0) is 20.7 Å². The molecule has 0 unspecified atom stereocenters. The van der Waals surface area contributed by atoms with Crippen molar-refractivity contribution in [2.24, 2.45) is 0 Å². The summed E-state index contributed by atoms with van der Waals surface area (Å²) in [6.07, 6.45) is 3.50. The van der Waals surface area contributed by atoms with Gasteiger partial charge in [-0.25, -0.2) is 23.6 Å². The number of allylic oxidation sites excluding steroid dienone is 2. The molecule has 0 saturated heterocycles. The SMILES string of the molecule is C=Cc1c(C)c(C(=O)Oc2c(C)c(C)c(C(=O)O)c(C)c2CC)c(C)c(F)c1OC(=O)c1c(C)c(C)c(OC(=O)[C@@]2(O)C(C)=CC(=O)C=C2OC)c(Br)c1O. The fourth-order valence-corrected chi connectivity index (χ4v) is 7.28. The summed E-state index contributed by atoms with van der Waals surface area (Å²) in [6.45, 7) is 17.3. The fourth-order valence-electron chi connectivity index (χ4n) is 6.71. The molecule has 3 aromatic rings. The van der Waals surface area contributed by atoms with Gasteiger partial charge >= 0.3 is 23.9 Å². The van der Waals surface area contributed by atoms with Gasteiger partial charge in [0.25, 0.3) is 0 Å². The summed E-state index contributed by atoms with van der Waals surface area (Å²) in [5.41, 5.74) is -1.20. The molecule has 4 rings (SSSR count). The minimum absolute atomic E-state index is 0.0601. The molecule has 290 valence electrons. The van der Waals surface area contributed by atoms with Crippen molar-refractivity contribution in [2.75, 3.05) is 7.11 Å². The largest absolute Gasteiger partial charge is 0.506 e. The number of aromatic hydroxyl groups is 1. The zero-order valence-electron chi connectivity index (χ0n) is 31.9. The van der Waals surface area contributed by atoms with Crippen LogP contribution in [0.1, 0.15) is 95.0 Å². The molecule has 3 aromatic carbocycles. The number of rotatable bonds is 10. The number of carboxylic acids is 1. The van der Waals surface area contributed by atoms with E-state index in [2.05, 4.69) is 22.5 Å². The average molecular weight is 824 g/mol. The van der Waals surface area contributed by atoms with Crippen molar-refractivity contribution >= 4 is 51.7 Å². The zero-order valence-corrected chi connectivity index (χ0v) is 33.5. The van der Waals surface area contributed by atoms with Gasteiger partial charge in [0.1, 0.15) is 27.3 Å². The molecule has 0 heterocycles. The van der Waals surface area contributed by atoms with Crippen molar-refractivity contribution in [3.8, 4) is 23.0 Å². The molecule has 0 amide bonds. The molecule has 0 aliphatic heterocycles. The number of hydrogen-bond acceptors (Lipinski definition) is 11. The Bertz CT molecular complexity index is 2290. The molecule has 55 heavy (non-hydrogen) atoms. The number of phenolic OH excluding ortho intramolecular Hbond substituents is 1. The van der Waals surface area contributed by atoms with E-state index in [0.29, 0.717) is 28.7 Å². The predicted molar refractivity (Wildman–Crippen MR) is 203 cm³/mol. The number of hydrogen-bond donors (Lipinski definition) is 3. The highest BCUT2D eigenvalue weighted by atomic mass is 79.9. The number of ether oxygens (including phenoxy) is 4. The van der Waals surface area contributed by atoms with Gasteiger partial charge in [0, 0.05) is 17.2 Å². The average Bonchev–Trinajstić information content (AvgIpc) is 3.11. The van der Waals surface area contributed by atoms with Crippen LogP contribution in [0.25, 0.3) is 6.08 Å². The van der Waals surface area contributed by atoms with Gasteiger partial charge in [0.15, 0.2) is 23.1 Å². The summed E-state index contributed by atoms with van der Waals surface area (Å²) in [6, 6.07) is 0. The third-order valence-electron chi connectivity index (χ3n) is 10.1. The molecule has 3 N–H and O–H groups in total. The Kier molecular flexibility index (Phi) is 12.0. The van der Waals surface area contributed by atoms with E-state index < -0.39 is 58.1 Å². The lowest BCUT2D eigenvalue weighted by atomic mass is 9.87. The Hall–Kier alpha value is -5.60. The second kappa shape index (κ2) is 15.6. The molecule has 0 saturated carbocycles. The molecule has 1 aliphatic rings. The van der Waals surface area contributed by atoms with Gasteiger partial charge in [-0.1, -0.05) is 19.6 Å². The molecule has 0 bridgehead atoms. The Morgan fingerprint density at radius 1 is 0.800 bits per heavy atom. The number of ketones is 1. The first-order valence-corrected chi connectivity index (χ1v) is 17.6. The molecule has 0 aromatic heterocycles. The van der Waals surface area contributed by atoms with Crippen LogP contribution in [0.15, 0.2) is 34.5 Å². The van der Waals surface area contributed by atoms with Gasteiger partial charge < -0.3 is 34.3 Å². The summed E-state index contributed by atoms with van der Waals surface area (Å²) in [5, 5.41) is 32.3. The number of carbonyl (C=O) groups excluding carboxylic acids is 4. The first kappa shape index (κ1) is 42.1. The molecular weight excluding hydrogens is 783 g/mol. The molecule has 1 atom stereocenters. The number of phenols is 1. The molecule has 0 radical (unpaired) electrons. The van der Waals surface area contributed by atoms with Crippen LogP contribution >= 0.6 is 15.9 Å². The van der Waals surface area contributed by atoms with Gasteiger partial charge in [-0.3, -0.25) is 4.79 Å². The van der Waals surface area contributed by atoms with E-state index >= 15 is 4.39 Å². The van der Waals surface area contributed by atoms with E-state index in [0.717, 1.165) is 19.3 Å². The van der Waals surface area contributed by atoms with Crippen LogP contribution in [0.2, 0.25) is 0 Å². The molecule has 12 nitrogen and oxygen atoms in total. The van der Waals surface area contributed by atoms with Crippen molar-refractivity contribution in [3.05, 3.63) is 107 Å². The monoisotopic (exact) mass is 822 g/mol. The topological polar surface area (TPSA) is 183 Å². The Morgan fingerprint density at radius 2 is 1.35 bits per heavy atom. The van der Waals surface area contributed by atoms with E-state index in [1.807, 2.05) is 0 Å². The van der Waals surface area contributed by atoms with Gasteiger partial charge in [0.2, 0.25) is 5.60 Å². The molecule has 1 aliphatic carbocycles. The van der Waals surface area contributed by atoms with Crippen LogP contribution in [0.3, 0.4) is 0 Å². The van der Waals surface area contributed by atoms with Crippen molar-refractivity contribution < 1.29 is 62.6 Å². The highest BCUT2D eigenvalue weighted by Crippen LogP contribution is 2.45. The maximum absolute atomic E-state index is 16.3. The number of aliphatic hydroxyl groups is 1. The second-order valence-electron chi connectivity index (χ2n) is 13.0. The van der Waals surface area contributed by atoms with Crippen LogP contribution in [0.4, 0.5) is 4.39 Å². The van der Waals surface area contributed by atoms with Crippen molar-refractivity contribution in [1.82, 2.24) is 0 Å². The normalized spacial score (nSPS) is 15.2. The maximum atomic E-state index is 16.3. The number of halogens is 2. The number of aromatic carboxylic acids is 1. The van der Waals surface area contributed by atoms with E-state index in [4.69, 9.17) is 18.9 Å². The lowest BCUT2D eigenvalue weighted by molar-refractivity contribution is -0.151. The van der Waals surface area contributed by atoms with Gasteiger partial charge in [-0.2, -0.15) is 0 Å². The highest BCUT2D eigenvalue weighted by molar-refractivity contribution is 9.10. The first-order chi connectivity index (χ1) is 25.6. The smallest absolute Gasteiger partial charge is 0.356 e. The number of esters is 3. The molecule has 14 heteroatoms. The Morgan fingerprint density at radius 3 is 1.89 bits per heavy atom. The maximum Gasteiger partial charge on any atom is 0.356 e. The molecule has 0 fully saturated rings. The summed E-state index contributed by atoms with van der Waals surface area (Å²) in [7, 11) is 1.16. The number of carboxylic acid groups (broad SMARTS) is 1. The van der Waals surface area contributed by atoms with Gasteiger partial charge in [0.05, 0.1) is 18.2 Å². The lowest BCUT2D eigenvalue weighted by Gasteiger charge is -2.30. The Labute approximate surface area is 325 Å². The third-order valence-corrected chi connectivity index (χ3v) is 10.8. The van der Waals surface area contributed by atoms with E-state index in [1.165, 1.54) is 40.7 Å². The standard InChI is InChI=1S/C41H40BrFO12/c1-12-25-21(8)28(37(46)47)17(4)19(6)34(25)53-38(48)29-22(9)26(13-2)36(32(43)23(29)10)54-39(49)30-18(5)20(7)35(31(42)33(30)45)55-40(50)41(51)16(3)14-24(44)15-27(41)52-11/h13-15,45,51H,2,12H2,1,3-11H3,(H,46,47)/t41-/m1/s1. The summed E-state index contributed by atoms with van der Waals surface area (Å²) >= 11 is 3.15. The highest BCUT2D eigenvalue weighted by Gasteiger charge is 2.48. The molecule has 0 spiro atoms. The zero-order chi connectivity index (χ0) is 41.6. The van der Waals surface area contributed by atoms with E-state index in [-0.39, 0.29) is 66.2 Å². The number of methoxy groups -OCH3 is 1. The van der Waals surface area contributed by atoms with Crippen LogP contribution in [-0.4, -0.2) is 57.7 Å². The van der Waals surface area contributed by atoms with E-state index in [1.54, 1.807) is 27.7 Å². The van der Waals surface area contributed by atoms with Crippen molar-refractivity contribution in [1.29, 1.82) is 0 Å². The minimum atomic E-state index is -2.48. The minimum Gasteiger partial charge on any atom is -0.506 e. The fraction of sp³-hybridized carbons (Fsp3) is 0.293.